The van der Waals surface area contributed by atoms with Crippen molar-refractivity contribution in [3.8, 4) is 17.2 Å². The van der Waals surface area contributed by atoms with Crippen molar-refractivity contribution in [1.29, 1.82) is 0 Å². The van der Waals surface area contributed by atoms with E-state index in [9.17, 15) is 13.2 Å². The Hall–Kier alpha value is -3.53. The Kier molecular flexibility index (Phi) is 7.04. The number of nitrogens with one attached hydrogen (secondary N) is 1. The average Bonchev–Trinajstić information content (AvgIpc) is 2.80. The van der Waals surface area contributed by atoms with Gasteiger partial charge in [-0.25, -0.2) is 4.31 Å². The fourth-order valence-corrected chi connectivity index (χ4v) is 4.04. The molecule has 1 heterocycles. The number of hydrogen-bond donors (Lipinski definition) is 1. The van der Waals surface area contributed by atoms with Crippen molar-refractivity contribution in [3.05, 3.63) is 65.4 Å². The Balaban J connectivity index is 1.76. The van der Waals surface area contributed by atoms with E-state index in [0.29, 0.717) is 35.8 Å². The molecule has 10 heteroatoms. The summed E-state index contributed by atoms with van der Waals surface area (Å²) in [5, 5.41) is 2.76. The predicted octanol–water partition coefficient (Wildman–Crippen LogP) is 1.93. The van der Waals surface area contributed by atoms with Gasteiger partial charge in [-0.1, -0.05) is 18.2 Å². The summed E-state index contributed by atoms with van der Waals surface area (Å²) < 4.78 is 45.4. The van der Waals surface area contributed by atoms with Crippen molar-refractivity contribution in [2.24, 2.45) is 4.40 Å². The molecular weight excluding hydrogens is 434 g/mol. The van der Waals surface area contributed by atoms with Gasteiger partial charge in [-0.2, -0.15) is 8.42 Å². The topological polar surface area (TPSA) is 107 Å². The third-order valence-electron chi connectivity index (χ3n) is 4.92. The lowest BCUT2D eigenvalue weighted by atomic mass is 10.1. The molecule has 0 atom stereocenters. The zero-order chi connectivity index (χ0) is 23.3. The van der Waals surface area contributed by atoms with Crippen LogP contribution in [0.4, 0.5) is 0 Å². The molecule has 3 rings (SSSR count). The maximum Gasteiger partial charge on any atom is 0.345 e. The molecule has 0 aliphatic carbocycles. The monoisotopic (exact) mass is 459 g/mol. The van der Waals surface area contributed by atoms with E-state index in [-0.39, 0.29) is 11.4 Å². The number of benzene rings is 2. The largest absolute Gasteiger partial charge is 0.497 e. The molecule has 2 aromatic rings. The lowest BCUT2D eigenvalue weighted by molar-refractivity contribution is -0.118. The highest BCUT2D eigenvalue weighted by Crippen LogP contribution is 2.27. The van der Waals surface area contributed by atoms with Crippen LogP contribution in [0.2, 0.25) is 0 Å². The van der Waals surface area contributed by atoms with Crippen LogP contribution >= 0.6 is 0 Å². The van der Waals surface area contributed by atoms with Crippen molar-refractivity contribution in [2.45, 2.75) is 6.42 Å². The summed E-state index contributed by atoms with van der Waals surface area (Å²) in [5.41, 5.74) is 1.59. The second-order valence-corrected chi connectivity index (χ2v) is 8.50. The van der Waals surface area contributed by atoms with Gasteiger partial charge in [0.15, 0.2) is 11.5 Å². The molecule has 0 unspecified atom stereocenters. The Morgan fingerprint density at radius 3 is 2.47 bits per heavy atom. The quantitative estimate of drug-likeness (QED) is 0.647. The predicted molar refractivity (Wildman–Crippen MR) is 121 cm³/mol. The zero-order valence-electron chi connectivity index (χ0n) is 18.3. The van der Waals surface area contributed by atoms with E-state index in [2.05, 4.69) is 9.71 Å². The van der Waals surface area contributed by atoms with Gasteiger partial charge in [0.1, 0.15) is 11.4 Å². The van der Waals surface area contributed by atoms with Crippen LogP contribution in [-0.4, -0.2) is 59.3 Å². The van der Waals surface area contributed by atoms with Crippen molar-refractivity contribution >= 4 is 21.8 Å². The van der Waals surface area contributed by atoms with Crippen LogP contribution in [0.5, 0.6) is 17.2 Å². The summed E-state index contributed by atoms with van der Waals surface area (Å²) in [4.78, 5) is 12.8. The Bertz CT molecular complexity index is 1170. The first-order valence-electron chi connectivity index (χ1n) is 9.73. The van der Waals surface area contributed by atoms with E-state index in [0.717, 1.165) is 9.87 Å². The molecule has 0 aromatic heterocycles. The lowest BCUT2D eigenvalue weighted by Crippen LogP contribution is -2.39. The Labute approximate surface area is 187 Å². The fraction of sp³-hybridized carbons (Fsp3) is 0.273. The van der Waals surface area contributed by atoms with Crippen LogP contribution in [0.3, 0.4) is 0 Å². The lowest BCUT2D eigenvalue weighted by Gasteiger charge is -2.23. The minimum atomic E-state index is -4.05. The van der Waals surface area contributed by atoms with Crippen LogP contribution < -0.4 is 19.5 Å². The molecule has 0 radical (unpaired) electrons. The summed E-state index contributed by atoms with van der Waals surface area (Å²) in [5.74, 6) is 1.24. The molecule has 0 saturated carbocycles. The maximum atomic E-state index is 12.8. The van der Waals surface area contributed by atoms with E-state index in [4.69, 9.17) is 14.2 Å². The Morgan fingerprint density at radius 2 is 1.78 bits per heavy atom. The molecular formula is C22H25N3O6S. The molecule has 1 aliphatic heterocycles. The molecule has 0 saturated heterocycles. The molecule has 0 fully saturated rings. The molecule has 2 aromatic carbocycles. The zero-order valence-corrected chi connectivity index (χ0v) is 19.1. The first-order valence-corrected chi connectivity index (χ1v) is 11.1. The minimum absolute atomic E-state index is 0.0230. The van der Waals surface area contributed by atoms with Crippen molar-refractivity contribution in [2.75, 3.05) is 34.9 Å². The van der Waals surface area contributed by atoms with Crippen LogP contribution in [0.15, 0.2) is 58.6 Å². The van der Waals surface area contributed by atoms with Crippen molar-refractivity contribution in [3.63, 3.8) is 0 Å². The smallest absolute Gasteiger partial charge is 0.345 e. The van der Waals surface area contributed by atoms with Crippen LogP contribution in [0.25, 0.3) is 0 Å². The second kappa shape index (κ2) is 9.73. The number of carbonyl (C=O) groups excluding carboxylic acids is 1. The standard InChI is InChI=1S/C22H25N3O6S/c1-25-19(14-18(24-32(25,27)28)16-6-5-7-17(13-16)29-2)22(26)23-11-10-15-8-9-20(30-3)21(12-15)31-4/h5-9,12-14H,10-11H2,1-4H3,(H,23,26). The van der Waals surface area contributed by atoms with E-state index in [1.165, 1.54) is 20.2 Å². The van der Waals surface area contributed by atoms with Gasteiger partial charge in [0.2, 0.25) is 0 Å². The number of likely N-dealkylation sites (N-methyl/N-ethyl adjacent to an activating group) is 1. The van der Waals surface area contributed by atoms with Crippen LogP contribution in [-0.2, 0) is 21.4 Å². The highest BCUT2D eigenvalue weighted by Gasteiger charge is 2.30. The highest BCUT2D eigenvalue weighted by atomic mass is 32.2. The number of rotatable bonds is 8. The van der Waals surface area contributed by atoms with Crippen molar-refractivity contribution < 1.29 is 27.4 Å². The molecule has 170 valence electrons. The van der Waals surface area contributed by atoms with Gasteiger partial charge in [0.25, 0.3) is 5.91 Å². The van der Waals surface area contributed by atoms with Gasteiger partial charge in [-0.05, 0) is 42.3 Å². The molecule has 0 bridgehead atoms. The molecule has 1 amide bonds. The van der Waals surface area contributed by atoms with Gasteiger partial charge in [0.05, 0.1) is 27.0 Å². The number of carbonyl (C=O) groups is 1. The summed E-state index contributed by atoms with van der Waals surface area (Å²) in [6.45, 7) is 0.297. The average molecular weight is 460 g/mol. The maximum absolute atomic E-state index is 12.8. The summed E-state index contributed by atoms with van der Waals surface area (Å²) in [6, 6.07) is 12.3. The Morgan fingerprint density at radius 1 is 1.03 bits per heavy atom. The van der Waals surface area contributed by atoms with Crippen molar-refractivity contribution in [1.82, 2.24) is 9.62 Å². The molecule has 0 spiro atoms. The third kappa shape index (κ3) is 5.02. The van der Waals surface area contributed by atoms with Gasteiger partial charge in [-0.15, -0.1) is 4.40 Å². The first kappa shape index (κ1) is 23.1. The van der Waals surface area contributed by atoms with E-state index in [1.54, 1.807) is 44.6 Å². The van der Waals surface area contributed by atoms with Crippen LogP contribution in [0.1, 0.15) is 11.1 Å². The first-order chi connectivity index (χ1) is 15.3. The number of hydrogen-bond acceptors (Lipinski definition) is 6. The number of nitrogens with zero attached hydrogens (tertiary/aromatic N) is 2. The summed E-state index contributed by atoms with van der Waals surface area (Å²) in [6.07, 6.45) is 1.97. The van der Waals surface area contributed by atoms with Gasteiger partial charge in [0, 0.05) is 19.2 Å². The number of ether oxygens (including phenoxy) is 3. The van der Waals surface area contributed by atoms with Gasteiger partial charge in [-0.3, -0.25) is 4.79 Å². The number of amides is 1. The summed E-state index contributed by atoms with van der Waals surface area (Å²) >= 11 is 0. The van der Waals surface area contributed by atoms with Gasteiger partial charge >= 0.3 is 10.2 Å². The number of methoxy groups -OCH3 is 3. The molecule has 32 heavy (non-hydrogen) atoms. The summed E-state index contributed by atoms with van der Waals surface area (Å²) in [7, 11) is 1.87. The fourth-order valence-electron chi connectivity index (χ4n) is 3.13. The van der Waals surface area contributed by atoms with Crippen LogP contribution in [0, 0.1) is 0 Å². The van der Waals surface area contributed by atoms with E-state index >= 15 is 0 Å². The molecule has 1 aliphatic rings. The minimum Gasteiger partial charge on any atom is -0.497 e. The molecule has 1 N–H and O–H groups in total. The second-order valence-electron chi connectivity index (χ2n) is 6.88. The SMILES string of the molecule is COc1cccc(C2=NS(=O)(=O)N(C)C(C(=O)NCCc3ccc(OC)c(OC)c3)=C2)c1. The van der Waals surface area contributed by atoms with Gasteiger partial charge < -0.3 is 19.5 Å². The number of allylic oxidation sites excluding steroid dienone is 1. The van der Waals surface area contributed by atoms with E-state index in [1.807, 2.05) is 12.1 Å². The normalized spacial score (nSPS) is 14.8. The third-order valence-corrected chi connectivity index (χ3v) is 6.23. The highest BCUT2D eigenvalue weighted by molar-refractivity contribution is 7.88. The van der Waals surface area contributed by atoms with E-state index < -0.39 is 16.1 Å². The molecule has 9 nitrogen and oxygen atoms in total.